The van der Waals surface area contributed by atoms with Gasteiger partial charge in [-0.15, -0.1) is 0 Å². The van der Waals surface area contributed by atoms with E-state index < -0.39 is 0 Å². The van der Waals surface area contributed by atoms with Gasteiger partial charge in [0.05, 0.1) is 24.9 Å². The Hall–Kier alpha value is -2.36. The number of methoxy groups -OCH3 is 1. The number of aryl methyl sites for hydroxylation is 1. The normalized spacial score (nSPS) is 10.3. The number of halogens is 1. The number of anilines is 1. The number of likely N-dealkylation sites (N-methyl/N-ethyl adjacent to an activating group) is 1. The molecule has 0 radical (unpaired) electrons. The van der Waals surface area contributed by atoms with Gasteiger partial charge in [-0.3, -0.25) is 4.79 Å². The van der Waals surface area contributed by atoms with Gasteiger partial charge in [0.15, 0.2) is 5.78 Å². The van der Waals surface area contributed by atoms with Crippen LogP contribution in [0.5, 0.6) is 5.75 Å². The first-order valence-corrected chi connectivity index (χ1v) is 6.66. The van der Waals surface area contributed by atoms with Crippen molar-refractivity contribution in [1.82, 2.24) is 0 Å². The Morgan fingerprint density at radius 1 is 1.24 bits per heavy atom. The van der Waals surface area contributed by atoms with Gasteiger partial charge < -0.3 is 9.64 Å². The van der Waals surface area contributed by atoms with E-state index in [0.29, 0.717) is 17.0 Å². The molecule has 0 spiro atoms. The molecule has 0 unspecified atom stereocenters. The zero-order chi connectivity index (χ0) is 15.4. The van der Waals surface area contributed by atoms with Crippen LogP contribution >= 0.6 is 0 Å². The number of Topliss-reactive ketones (excluding diaryl/α,β-unsaturated/α-hetero) is 1. The van der Waals surface area contributed by atoms with E-state index in [1.165, 1.54) is 13.2 Å². The maximum Gasteiger partial charge on any atom is 0.185 e. The molecule has 0 bridgehead atoms. The van der Waals surface area contributed by atoms with E-state index in [0.717, 1.165) is 5.56 Å². The van der Waals surface area contributed by atoms with Gasteiger partial charge in [-0.25, -0.2) is 4.39 Å². The monoisotopic (exact) mass is 287 g/mol. The molecule has 0 saturated heterocycles. The van der Waals surface area contributed by atoms with Crippen LogP contribution in [0.25, 0.3) is 0 Å². The summed E-state index contributed by atoms with van der Waals surface area (Å²) < 4.78 is 19.0. The van der Waals surface area contributed by atoms with E-state index in [1.807, 2.05) is 19.1 Å². The third kappa shape index (κ3) is 3.40. The van der Waals surface area contributed by atoms with Crippen molar-refractivity contribution in [2.45, 2.75) is 6.92 Å². The largest absolute Gasteiger partial charge is 0.496 e. The minimum atomic E-state index is -0.344. The van der Waals surface area contributed by atoms with Crippen LogP contribution in [-0.4, -0.2) is 26.5 Å². The second-order valence-electron chi connectivity index (χ2n) is 4.93. The van der Waals surface area contributed by atoms with Crippen molar-refractivity contribution in [3.05, 3.63) is 59.4 Å². The van der Waals surface area contributed by atoms with E-state index in [-0.39, 0.29) is 18.1 Å². The van der Waals surface area contributed by atoms with Crippen molar-refractivity contribution in [1.29, 1.82) is 0 Å². The van der Waals surface area contributed by atoms with Crippen molar-refractivity contribution < 1.29 is 13.9 Å². The third-order valence-corrected chi connectivity index (χ3v) is 3.30. The van der Waals surface area contributed by atoms with Gasteiger partial charge in [-0.2, -0.15) is 0 Å². The Labute approximate surface area is 124 Å². The average Bonchev–Trinajstić information content (AvgIpc) is 2.47. The number of hydrogen-bond donors (Lipinski definition) is 0. The molecule has 0 fully saturated rings. The molecule has 0 amide bonds. The first kappa shape index (κ1) is 15.0. The van der Waals surface area contributed by atoms with Crippen molar-refractivity contribution >= 4 is 11.5 Å². The second-order valence-corrected chi connectivity index (χ2v) is 4.93. The lowest BCUT2D eigenvalue weighted by atomic mass is 10.1. The van der Waals surface area contributed by atoms with E-state index in [1.54, 1.807) is 36.2 Å². The molecule has 3 nitrogen and oxygen atoms in total. The Kier molecular flexibility index (Phi) is 4.58. The van der Waals surface area contributed by atoms with Gasteiger partial charge >= 0.3 is 0 Å². The average molecular weight is 287 g/mol. The molecule has 0 aliphatic rings. The van der Waals surface area contributed by atoms with Crippen LogP contribution in [-0.2, 0) is 0 Å². The summed E-state index contributed by atoms with van der Waals surface area (Å²) in [6.45, 7) is 2.02. The maximum atomic E-state index is 13.7. The number of nitrogens with zero attached hydrogens (tertiary/aromatic N) is 1. The molecule has 4 heteroatoms. The smallest absolute Gasteiger partial charge is 0.185 e. The summed E-state index contributed by atoms with van der Waals surface area (Å²) >= 11 is 0. The topological polar surface area (TPSA) is 29.5 Å². The predicted molar refractivity (Wildman–Crippen MR) is 81.7 cm³/mol. The van der Waals surface area contributed by atoms with E-state index in [9.17, 15) is 9.18 Å². The minimum Gasteiger partial charge on any atom is -0.496 e. The van der Waals surface area contributed by atoms with E-state index in [4.69, 9.17) is 4.74 Å². The molecular weight excluding hydrogens is 269 g/mol. The van der Waals surface area contributed by atoms with Crippen molar-refractivity contribution in [2.24, 2.45) is 0 Å². The summed E-state index contributed by atoms with van der Waals surface area (Å²) in [6.07, 6.45) is 0. The van der Waals surface area contributed by atoms with Crippen LogP contribution in [0, 0.1) is 12.7 Å². The van der Waals surface area contributed by atoms with Crippen LogP contribution in [0.15, 0.2) is 42.5 Å². The standard InChI is InChI=1S/C17H18FNO2/c1-12-8-9-13(17(10-12)21-3)16(20)11-19(2)15-7-5-4-6-14(15)18/h4-10H,11H2,1-3H3. The van der Waals surface area contributed by atoms with Gasteiger partial charge in [0, 0.05) is 7.05 Å². The first-order chi connectivity index (χ1) is 10.0. The molecule has 0 atom stereocenters. The number of carbonyl (C=O) groups is 1. The summed E-state index contributed by atoms with van der Waals surface area (Å²) in [5.74, 6) is 0.0863. The Bertz CT molecular complexity index is 655. The SMILES string of the molecule is COc1cc(C)ccc1C(=O)CN(C)c1ccccc1F. The Morgan fingerprint density at radius 3 is 2.62 bits per heavy atom. The molecule has 2 aromatic rings. The number of benzene rings is 2. The zero-order valence-electron chi connectivity index (χ0n) is 12.4. The molecule has 0 aliphatic heterocycles. The number of hydrogen-bond acceptors (Lipinski definition) is 3. The lowest BCUT2D eigenvalue weighted by Crippen LogP contribution is -2.26. The van der Waals surface area contributed by atoms with E-state index >= 15 is 0 Å². The molecule has 0 aliphatic carbocycles. The highest BCUT2D eigenvalue weighted by Crippen LogP contribution is 2.22. The summed E-state index contributed by atoms with van der Waals surface area (Å²) in [4.78, 5) is 14.0. The predicted octanol–water partition coefficient (Wildman–Crippen LogP) is 3.46. The molecule has 110 valence electrons. The highest BCUT2D eigenvalue weighted by Gasteiger charge is 2.16. The molecule has 2 rings (SSSR count). The Morgan fingerprint density at radius 2 is 1.95 bits per heavy atom. The summed E-state index contributed by atoms with van der Waals surface area (Å²) in [5.41, 5.74) is 1.93. The van der Waals surface area contributed by atoms with Crippen LogP contribution in [0.3, 0.4) is 0 Å². The highest BCUT2D eigenvalue weighted by atomic mass is 19.1. The van der Waals surface area contributed by atoms with Gasteiger partial charge in [-0.05, 0) is 36.8 Å². The van der Waals surface area contributed by atoms with E-state index in [2.05, 4.69) is 0 Å². The Balaban J connectivity index is 2.20. The lowest BCUT2D eigenvalue weighted by Gasteiger charge is -2.19. The molecule has 0 N–H and O–H groups in total. The maximum absolute atomic E-state index is 13.7. The second kappa shape index (κ2) is 6.39. The van der Waals surface area contributed by atoms with Crippen molar-refractivity contribution in [3.63, 3.8) is 0 Å². The number of rotatable bonds is 5. The number of carbonyl (C=O) groups excluding carboxylic acids is 1. The summed E-state index contributed by atoms with van der Waals surface area (Å²) in [6, 6.07) is 11.8. The van der Waals surface area contributed by atoms with Gasteiger partial charge in [0.25, 0.3) is 0 Å². The van der Waals surface area contributed by atoms with Crippen LogP contribution in [0.4, 0.5) is 10.1 Å². The minimum absolute atomic E-state index is 0.0837. The number of ether oxygens (including phenoxy) is 1. The fourth-order valence-corrected chi connectivity index (χ4v) is 2.18. The van der Waals surface area contributed by atoms with Crippen LogP contribution < -0.4 is 9.64 Å². The molecule has 2 aromatic carbocycles. The third-order valence-electron chi connectivity index (χ3n) is 3.30. The highest BCUT2D eigenvalue weighted by molar-refractivity contribution is 6.01. The molecule has 0 saturated carbocycles. The molecule has 0 heterocycles. The summed E-state index contributed by atoms with van der Waals surface area (Å²) in [7, 11) is 3.23. The molecular formula is C17H18FNO2. The number of ketones is 1. The quantitative estimate of drug-likeness (QED) is 0.789. The van der Waals surface area contributed by atoms with Gasteiger partial charge in [0.2, 0.25) is 0 Å². The fraction of sp³-hybridized carbons (Fsp3) is 0.235. The van der Waals surface area contributed by atoms with Crippen LogP contribution in [0.2, 0.25) is 0 Å². The lowest BCUT2D eigenvalue weighted by molar-refractivity contribution is 0.0997. The number of para-hydroxylation sites is 1. The van der Waals surface area contributed by atoms with Crippen molar-refractivity contribution in [2.75, 3.05) is 25.6 Å². The van der Waals surface area contributed by atoms with Gasteiger partial charge in [0.1, 0.15) is 11.6 Å². The zero-order valence-corrected chi connectivity index (χ0v) is 12.4. The molecule has 0 aromatic heterocycles. The first-order valence-electron chi connectivity index (χ1n) is 6.66. The van der Waals surface area contributed by atoms with Crippen LogP contribution in [0.1, 0.15) is 15.9 Å². The fourth-order valence-electron chi connectivity index (χ4n) is 2.18. The molecule has 21 heavy (non-hydrogen) atoms. The van der Waals surface area contributed by atoms with Crippen molar-refractivity contribution in [3.8, 4) is 5.75 Å². The van der Waals surface area contributed by atoms with Gasteiger partial charge in [-0.1, -0.05) is 18.2 Å². The summed E-state index contributed by atoms with van der Waals surface area (Å²) in [5, 5.41) is 0.